The van der Waals surface area contributed by atoms with Crippen molar-refractivity contribution in [3.05, 3.63) is 66.0 Å². The van der Waals surface area contributed by atoms with Crippen molar-refractivity contribution in [2.24, 2.45) is 0 Å². The van der Waals surface area contributed by atoms with Crippen molar-refractivity contribution in [1.82, 2.24) is 9.97 Å². The number of hydrogen-bond donors (Lipinski definition) is 1. The number of fused-ring (bicyclic) bond motifs is 1. The van der Waals surface area contributed by atoms with Gasteiger partial charge in [0.15, 0.2) is 0 Å². The first kappa shape index (κ1) is 13.6. The van der Waals surface area contributed by atoms with E-state index in [1.165, 1.54) is 11.1 Å². The van der Waals surface area contributed by atoms with E-state index < -0.39 is 0 Å². The smallest absolute Gasteiger partial charge is 0.137 e. The van der Waals surface area contributed by atoms with Gasteiger partial charge in [-0.15, -0.1) is 0 Å². The Labute approximate surface area is 125 Å². The van der Waals surface area contributed by atoms with E-state index in [1.54, 1.807) is 6.33 Å². The largest absolute Gasteiger partial charge is 0.363 e. The van der Waals surface area contributed by atoms with Crippen LogP contribution >= 0.6 is 0 Å². The number of benzene rings is 2. The Balaban J connectivity index is 1.87. The topological polar surface area (TPSA) is 37.8 Å². The minimum absolute atomic E-state index is 0.203. The Kier molecular flexibility index (Phi) is 3.82. The number of aryl methyl sites for hydroxylation is 1. The molecule has 0 aliphatic carbocycles. The molecule has 21 heavy (non-hydrogen) atoms. The van der Waals surface area contributed by atoms with Crippen molar-refractivity contribution in [2.75, 3.05) is 5.32 Å². The van der Waals surface area contributed by atoms with Crippen molar-refractivity contribution < 1.29 is 0 Å². The van der Waals surface area contributed by atoms with Crippen LogP contribution in [0.15, 0.2) is 54.9 Å². The van der Waals surface area contributed by atoms with E-state index in [4.69, 9.17) is 0 Å². The molecule has 0 fully saturated rings. The summed E-state index contributed by atoms with van der Waals surface area (Å²) in [6, 6.07) is 17.0. The molecule has 1 aromatic heterocycles. The summed E-state index contributed by atoms with van der Waals surface area (Å²) in [7, 11) is 0. The lowest BCUT2D eigenvalue weighted by Crippen LogP contribution is -2.08. The van der Waals surface area contributed by atoms with E-state index >= 15 is 0 Å². The molecular formula is C18H19N3. The molecule has 3 rings (SSSR count). The highest BCUT2D eigenvalue weighted by atomic mass is 15.0. The van der Waals surface area contributed by atoms with Crippen molar-refractivity contribution in [3.8, 4) is 0 Å². The quantitative estimate of drug-likeness (QED) is 0.769. The third-order valence-electron chi connectivity index (χ3n) is 3.78. The molecule has 0 amide bonds. The number of hydrogen-bond acceptors (Lipinski definition) is 3. The van der Waals surface area contributed by atoms with Gasteiger partial charge in [-0.2, -0.15) is 0 Å². The molecule has 3 nitrogen and oxygen atoms in total. The highest BCUT2D eigenvalue weighted by Crippen LogP contribution is 2.23. The first-order valence-corrected chi connectivity index (χ1v) is 7.33. The maximum Gasteiger partial charge on any atom is 0.137 e. The van der Waals surface area contributed by atoms with Gasteiger partial charge < -0.3 is 5.32 Å². The molecule has 0 bridgehead atoms. The van der Waals surface area contributed by atoms with Crippen LogP contribution in [0.1, 0.15) is 31.0 Å². The second-order valence-electron chi connectivity index (χ2n) is 5.20. The molecule has 0 saturated carbocycles. The number of aromatic nitrogens is 2. The third-order valence-corrected chi connectivity index (χ3v) is 3.78. The van der Waals surface area contributed by atoms with Crippen LogP contribution in [0, 0.1) is 0 Å². The Morgan fingerprint density at radius 2 is 1.76 bits per heavy atom. The van der Waals surface area contributed by atoms with E-state index in [1.807, 2.05) is 24.3 Å². The zero-order valence-corrected chi connectivity index (χ0v) is 12.4. The van der Waals surface area contributed by atoms with Gasteiger partial charge in [0, 0.05) is 11.4 Å². The summed E-state index contributed by atoms with van der Waals surface area (Å²) in [5, 5.41) is 4.54. The Morgan fingerprint density at radius 3 is 2.52 bits per heavy atom. The predicted octanol–water partition coefficient (Wildman–Crippen LogP) is 4.37. The summed E-state index contributed by atoms with van der Waals surface area (Å²) in [6.45, 7) is 4.32. The van der Waals surface area contributed by atoms with E-state index in [0.29, 0.717) is 0 Å². The number of para-hydroxylation sites is 1. The second kappa shape index (κ2) is 5.92. The van der Waals surface area contributed by atoms with Crippen LogP contribution in [0.2, 0.25) is 0 Å². The molecule has 0 aliphatic rings. The Hall–Kier alpha value is -2.42. The lowest BCUT2D eigenvalue weighted by Gasteiger charge is -2.16. The fourth-order valence-corrected chi connectivity index (χ4v) is 2.45. The molecule has 1 N–H and O–H groups in total. The van der Waals surface area contributed by atoms with Gasteiger partial charge in [0.25, 0.3) is 0 Å². The van der Waals surface area contributed by atoms with E-state index in [-0.39, 0.29) is 6.04 Å². The van der Waals surface area contributed by atoms with Gasteiger partial charge in [-0.1, -0.05) is 43.3 Å². The molecular weight excluding hydrogens is 258 g/mol. The summed E-state index contributed by atoms with van der Waals surface area (Å²) in [4.78, 5) is 8.68. The second-order valence-corrected chi connectivity index (χ2v) is 5.20. The number of rotatable bonds is 4. The van der Waals surface area contributed by atoms with Gasteiger partial charge in [0.2, 0.25) is 0 Å². The zero-order valence-electron chi connectivity index (χ0n) is 12.4. The van der Waals surface area contributed by atoms with Gasteiger partial charge >= 0.3 is 0 Å². The minimum Gasteiger partial charge on any atom is -0.363 e. The average Bonchev–Trinajstić information content (AvgIpc) is 2.55. The van der Waals surface area contributed by atoms with Gasteiger partial charge in [-0.05, 0) is 36.6 Å². The summed E-state index contributed by atoms with van der Waals surface area (Å²) in [6.07, 6.45) is 2.68. The lowest BCUT2D eigenvalue weighted by molar-refractivity contribution is 0.874. The zero-order chi connectivity index (χ0) is 14.7. The fourth-order valence-electron chi connectivity index (χ4n) is 2.45. The normalized spacial score (nSPS) is 12.3. The SMILES string of the molecule is CCc1ccc(C(C)Nc2ncnc3ccccc23)cc1. The van der Waals surface area contributed by atoms with E-state index in [2.05, 4.69) is 53.4 Å². The molecule has 0 radical (unpaired) electrons. The van der Waals surface area contributed by atoms with Crippen LogP contribution in [0.3, 0.4) is 0 Å². The standard InChI is InChI=1S/C18H19N3/c1-3-14-8-10-15(11-9-14)13(2)21-18-16-6-4-5-7-17(16)19-12-20-18/h4-13H,3H2,1-2H3,(H,19,20,21). The van der Waals surface area contributed by atoms with Crippen molar-refractivity contribution in [2.45, 2.75) is 26.3 Å². The molecule has 1 heterocycles. The molecule has 3 heteroatoms. The van der Waals surface area contributed by atoms with E-state index in [0.717, 1.165) is 23.1 Å². The van der Waals surface area contributed by atoms with Crippen molar-refractivity contribution >= 4 is 16.7 Å². The molecule has 0 spiro atoms. The predicted molar refractivity (Wildman–Crippen MR) is 87.4 cm³/mol. The van der Waals surface area contributed by atoms with Gasteiger partial charge in [0.05, 0.1) is 5.52 Å². The van der Waals surface area contributed by atoms with Crippen LogP contribution in [0.5, 0.6) is 0 Å². The average molecular weight is 277 g/mol. The van der Waals surface area contributed by atoms with Crippen LogP contribution in [-0.2, 0) is 6.42 Å². The summed E-state index contributed by atoms with van der Waals surface area (Å²) >= 11 is 0. The Bertz CT molecular complexity index is 730. The van der Waals surface area contributed by atoms with Crippen LogP contribution < -0.4 is 5.32 Å². The summed E-state index contributed by atoms with van der Waals surface area (Å²) in [5.74, 6) is 0.882. The first-order valence-electron chi connectivity index (χ1n) is 7.33. The molecule has 1 unspecified atom stereocenters. The van der Waals surface area contributed by atoms with Crippen LogP contribution in [-0.4, -0.2) is 9.97 Å². The van der Waals surface area contributed by atoms with Crippen molar-refractivity contribution in [3.63, 3.8) is 0 Å². The summed E-state index contributed by atoms with van der Waals surface area (Å²) in [5.41, 5.74) is 3.58. The molecule has 0 saturated heterocycles. The first-order chi connectivity index (χ1) is 10.3. The highest BCUT2D eigenvalue weighted by molar-refractivity contribution is 5.88. The van der Waals surface area contributed by atoms with Gasteiger partial charge in [0.1, 0.15) is 12.1 Å². The molecule has 1 atom stereocenters. The Morgan fingerprint density at radius 1 is 1.00 bits per heavy atom. The lowest BCUT2D eigenvalue weighted by atomic mass is 10.0. The van der Waals surface area contributed by atoms with Gasteiger partial charge in [-0.25, -0.2) is 9.97 Å². The third kappa shape index (κ3) is 2.87. The molecule has 2 aromatic carbocycles. The van der Waals surface area contributed by atoms with E-state index in [9.17, 15) is 0 Å². The number of anilines is 1. The minimum atomic E-state index is 0.203. The highest BCUT2D eigenvalue weighted by Gasteiger charge is 2.08. The maximum absolute atomic E-state index is 4.38. The molecule has 3 aromatic rings. The summed E-state index contributed by atoms with van der Waals surface area (Å²) < 4.78 is 0. The monoisotopic (exact) mass is 277 g/mol. The fraction of sp³-hybridized carbons (Fsp3) is 0.222. The molecule has 106 valence electrons. The number of nitrogens with zero attached hydrogens (tertiary/aromatic N) is 2. The van der Waals surface area contributed by atoms with Gasteiger partial charge in [-0.3, -0.25) is 0 Å². The van der Waals surface area contributed by atoms with Crippen LogP contribution in [0.4, 0.5) is 5.82 Å². The maximum atomic E-state index is 4.38. The number of nitrogens with one attached hydrogen (secondary N) is 1. The molecule has 0 aliphatic heterocycles. The van der Waals surface area contributed by atoms with Crippen molar-refractivity contribution in [1.29, 1.82) is 0 Å². The van der Waals surface area contributed by atoms with Crippen LogP contribution in [0.25, 0.3) is 10.9 Å².